The molecule has 1 aromatic heterocycles. The Morgan fingerprint density at radius 3 is 3.00 bits per heavy atom. The molecule has 1 amide bonds. The third-order valence-corrected chi connectivity index (χ3v) is 1.12. The molecule has 1 heterocycles. The van der Waals surface area contributed by atoms with Gasteiger partial charge in [0.15, 0.2) is 5.82 Å². The molecule has 0 bridgehead atoms. The van der Waals surface area contributed by atoms with Gasteiger partial charge >= 0.3 is 0 Å². The van der Waals surface area contributed by atoms with Crippen LogP contribution in [0.5, 0.6) is 0 Å². The van der Waals surface area contributed by atoms with E-state index in [0.717, 1.165) is 0 Å². The van der Waals surface area contributed by atoms with Gasteiger partial charge in [-0.15, -0.1) is 0 Å². The molecule has 0 atom stereocenters. The van der Waals surface area contributed by atoms with Crippen LogP contribution >= 0.6 is 0 Å². The van der Waals surface area contributed by atoms with E-state index in [2.05, 4.69) is 15.3 Å². The Kier molecular flexibility index (Phi) is 1.57. The Bertz CT molecular complexity index is 242. The van der Waals surface area contributed by atoms with Crippen molar-refractivity contribution in [3.05, 3.63) is 12.0 Å². The van der Waals surface area contributed by atoms with Crippen molar-refractivity contribution >= 4 is 11.7 Å². The summed E-state index contributed by atoms with van der Waals surface area (Å²) in [6.07, 6.45) is 1.37. The molecule has 4 N–H and O–H groups in total. The fourth-order valence-electron chi connectivity index (χ4n) is 0.612. The minimum Gasteiger partial charge on any atom is -0.382 e. The highest BCUT2D eigenvalue weighted by atomic mass is 16.1. The zero-order valence-electron chi connectivity index (χ0n) is 5.51. The lowest BCUT2D eigenvalue weighted by Crippen LogP contribution is -2.19. The fraction of sp³-hybridized carbons (Fsp3) is 0.200. The average molecular weight is 140 g/mol. The highest BCUT2D eigenvalue weighted by Gasteiger charge is 2.08. The fourth-order valence-corrected chi connectivity index (χ4v) is 0.612. The molecule has 54 valence electrons. The van der Waals surface area contributed by atoms with Gasteiger partial charge in [0.25, 0.3) is 5.91 Å². The monoisotopic (exact) mass is 140 g/mol. The topological polar surface area (TPSA) is 83.8 Å². The van der Waals surface area contributed by atoms with Crippen molar-refractivity contribution < 1.29 is 4.79 Å². The summed E-state index contributed by atoms with van der Waals surface area (Å²) in [4.78, 5) is 17.1. The minimum absolute atomic E-state index is 0.222. The zero-order chi connectivity index (χ0) is 7.56. The quantitative estimate of drug-likeness (QED) is 0.484. The number of carbonyl (C=O) groups is 1. The maximum Gasteiger partial charge on any atom is 0.271 e. The molecule has 1 aromatic rings. The first-order valence-electron chi connectivity index (χ1n) is 2.76. The third-order valence-electron chi connectivity index (χ3n) is 1.12. The van der Waals surface area contributed by atoms with Crippen LogP contribution in [-0.4, -0.2) is 22.9 Å². The van der Waals surface area contributed by atoms with E-state index in [-0.39, 0.29) is 11.7 Å². The van der Waals surface area contributed by atoms with Gasteiger partial charge in [-0.1, -0.05) is 0 Å². The normalized spacial score (nSPS) is 9.30. The summed E-state index contributed by atoms with van der Waals surface area (Å²) in [6.45, 7) is 0. The summed E-state index contributed by atoms with van der Waals surface area (Å²) in [7, 11) is 1.53. The van der Waals surface area contributed by atoms with E-state index < -0.39 is 0 Å². The summed E-state index contributed by atoms with van der Waals surface area (Å²) in [5, 5.41) is 2.42. The SMILES string of the molecule is CNC(=O)c1[nH]cnc1N. The number of aromatic amines is 1. The largest absolute Gasteiger partial charge is 0.382 e. The lowest BCUT2D eigenvalue weighted by Gasteiger charge is -1.94. The number of imidazole rings is 1. The highest BCUT2D eigenvalue weighted by molar-refractivity contribution is 5.96. The van der Waals surface area contributed by atoms with Gasteiger partial charge < -0.3 is 16.0 Å². The summed E-state index contributed by atoms with van der Waals surface area (Å²) in [5.41, 5.74) is 5.62. The van der Waals surface area contributed by atoms with E-state index in [0.29, 0.717) is 5.69 Å². The molecular formula is C5H8N4O. The Morgan fingerprint density at radius 1 is 1.90 bits per heavy atom. The van der Waals surface area contributed by atoms with Crippen LogP contribution in [0.25, 0.3) is 0 Å². The number of rotatable bonds is 1. The Balaban J connectivity index is 2.93. The number of amides is 1. The molecule has 0 spiro atoms. The van der Waals surface area contributed by atoms with Crippen LogP contribution in [0.2, 0.25) is 0 Å². The maximum absolute atomic E-state index is 10.8. The summed E-state index contributed by atoms with van der Waals surface area (Å²) >= 11 is 0. The minimum atomic E-state index is -0.255. The van der Waals surface area contributed by atoms with Crippen molar-refractivity contribution in [2.24, 2.45) is 0 Å². The van der Waals surface area contributed by atoms with E-state index in [1.165, 1.54) is 13.4 Å². The third kappa shape index (κ3) is 0.928. The molecule has 0 aliphatic heterocycles. The maximum atomic E-state index is 10.8. The van der Waals surface area contributed by atoms with Crippen LogP contribution in [0.15, 0.2) is 6.33 Å². The summed E-state index contributed by atoms with van der Waals surface area (Å²) in [5.74, 6) is -0.0330. The molecule has 0 aliphatic rings. The lowest BCUT2D eigenvalue weighted by atomic mass is 10.4. The Labute approximate surface area is 57.6 Å². The molecule has 0 radical (unpaired) electrons. The van der Waals surface area contributed by atoms with E-state index in [1.807, 2.05) is 0 Å². The van der Waals surface area contributed by atoms with E-state index in [4.69, 9.17) is 5.73 Å². The van der Waals surface area contributed by atoms with Crippen LogP contribution in [0.1, 0.15) is 10.5 Å². The molecule has 5 nitrogen and oxygen atoms in total. The molecule has 5 heteroatoms. The predicted octanol–water partition coefficient (Wildman–Crippen LogP) is -0.649. The molecule has 0 saturated carbocycles. The van der Waals surface area contributed by atoms with Crippen molar-refractivity contribution in [1.29, 1.82) is 0 Å². The van der Waals surface area contributed by atoms with Gasteiger partial charge in [0.2, 0.25) is 0 Å². The smallest absolute Gasteiger partial charge is 0.271 e. The number of aromatic nitrogens is 2. The number of hydrogen-bond donors (Lipinski definition) is 3. The van der Waals surface area contributed by atoms with Crippen molar-refractivity contribution in [2.75, 3.05) is 12.8 Å². The van der Waals surface area contributed by atoms with Gasteiger partial charge in [0.1, 0.15) is 5.69 Å². The predicted molar refractivity (Wildman–Crippen MR) is 36.4 cm³/mol. The Morgan fingerprint density at radius 2 is 2.60 bits per heavy atom. The molecule has 1 rings (SSSR count). The number of anilines is 1. The molecule has 0 saturated heterocycles. The van der Waals surface area contributed by atoms with Gasteiger partial charge in [-0.05, 0) is 0 Å². The van der Waals surface area contributed by atoms with E-state index in [9.17, 15) is 4.79 Å². The van der Waals surface area contributed by atoms with Crippen molar-refractivity contribution in [1.82, 2.24) is 15.3 Å². The van der Waals surface area contributed by atoms with Crippen LogP contribution in [0.3, 0.4) is 0 Å². The van der Waals surface area contributed by atoms with E-state index in [1.54, 1.807) is 0 Å². The lowest BCUT2D eigenvalue weighted by molar-refractivity contribution is 0.0959. The molecular weight excluding hydrogens is 132 g/mol. The second-order valence-corrected chi connectivity index (χ2v) is 1.74. The zero-order valence-corrected chi connectivity index (χ0v) is 5.51. The second-order valence-electron chi connectivity index (χ2n) is 1.74. The number of nitrogen functional groups attached to an aromatic ring is 1. The van der Waals surface area contributed by atoms with Crippen molar-refractivity contribution in [3.63, 3.8) is 0 Å². The van der Waals surface area contributed by atoms with Crippen molar-refractivity contribution in [2.45, 2.75) is 0 Å². The van der Waals surface area contributed by atoms with Gasteiger partial charge in [-0.3, -0.25) is 4.79 Å². The first-order valence-corrected chi connectivity index (χ1v) is 2.76. The number of H-pyrrole nitrogens is 1. The van der Waals surface area contributed by atoms with Gasteiger partial charge in [0.05, 0.1) is 6.33 Å². The summed E-state index contributed by atoms with van der Waals surface area (Å²) < 4.78 is 0. The van der Waals surface area contributed by atoms with Gasteiger partial charge in [-0.25, -0.2) is 4.98 Å². The first kappa shape index (κ1) is 6.60. The van der Waals surface area contributed by atoms with Crippen LogP contribution < -0.4 is 11.1 Å². The molecule has 0 unspecified atom stereocenters. The average Bonchev–Trinajstić information content (AvgIpc) is 2.34. The molecule has 10 heavy (non-hydrogen) atoms. The number of nitrogens with one attached hydrogen (secondary N) is 2. The molecule has 0 aromatic carbocycles. The molecule has 0 fully saturated rings. The number of nitrogens with two attached hydrogens (primary N) is 1. The van der Waals surface area contributed by atoms with E-state index >= 15 is 0 Å². The van der Waals surface area contributed by atoms with Crippen LogP contribution in [0.4, 0.5) is 5.82 Å². The number of carbonyl (C=O) groups excluding carboxylic acids is 1. The number of nitrogens with zero attached hydrogens (tertiary/aromatic N) is 1. The van der Waals surface area contributed by atoms with Gasteiger partial charge in [0, 0.05) is 7.05 Å². The van der Waals surface area contributed by atoms with Crippen LogP contribution in [0, 0.1) is 0 Å². The molecule has 0 aliphatic carbocycles. The Hall–Kier alpha value is -1.52. The highest BCUT2D eigenvalue weighted by Crippen LogP contribution is 2.01. The standard InChI is InChI=1S/C5H8N4O/c1-7-5(10)3-4(6)9-2-8-3/h2H,6H2,1H3,(H,7,10)(H,8,9). The second kappa shape index (κ2) is 2.38. The first-order chi connectivity index (χ1) is 4.75. The summed E-state index contributed by atoms with van der Waals surface area (Å²) in [6, 6.07) is 0. The number of hydrogen-bond acceptors (Lipinski definition) is 3. The van der Waals surface area contributed by atoms with Crippen molar-refractivity contribution in [3.8, 4) is 0 Å². The van der Waals surface area contributed by atoms with Crippen LogP contribution in [-0.2, 0) is 0 Å². The van der Waals surface area contributed by atoms with Gasteiger partial charge in [-0.2, -0.15) is 0 Å².